The first kappa shape index (κ1) is 13.1. The molecule has 1 unspecified atom stereocenters. The molecule has 98 valence electrons. The van der Waals surface area contributed by atoms with Gasteiger partial charge in [-0.05, 0) is 43.6 Å². The molecule has 1 saturated carbocycles. The van der Waals surface area contributed by atoms with Crippen molar-refractivity contribution in [3.8, 4) is 0 Å². The Morgan fingerprint density at radius 3 is 2.53 bits per heavy atom. The lowest BCUT2D eigenvalue weighted by molar-refractivity contribution is 0.155. The third kappa shape index (κ3) is 4.46. The average molecular weight is 236 g/mol. The van der Waals surface area contributed by atoms with Crippen LogP contribution in [0.5, 0.6) is 0 Å². The maximum atomic E-state index is 10.4. The second kappa shape index (κ2) is 7.20. The van der Waals surface area contributed by atoms with Gasteiger partial charge in [0.05, 0.1) is 6.10 Å². The number of allylic oxidation sites excluding steroid dienone is 1. The predicted octanol–water partition coefficient (Wildman–Crippen LogP) is 4.60. The summed E-state index contributed by atoms with van der Waals surface area (Å²) in [6.45, 7) is 0. The number of hydrogen-bond acceptors (Lipinski definition) is 1. The van der Waals surface area contributed by atoms with Gasteiger partial charge in [0.15, 0.2) is 0 Å². The first-order valence-corrected chi connectivity index (χ1v) is 7.73. The summed E-state index contributed by atoms with van der Waals surface area (Å²) >= 11 is 0. The molecule has 2 aliphatic rings. The van der Waals surface area contributed by atoms with Gasteiger partial charge in [-0.15, -0.1) is 0 Å². The van der Waals surface area contributed by atoms with Crippen LogP contribution in [0.25, 0.3) is 0 Å². The molecule has 0 radical (unpaired) electrons. The van der Waals surface area contributed by atoms with E-state index >= 15 is 0 Å². The van der Waals surface area contributed by atoms with E-state index in [4.69, 9.17) is 0 Å². The van der Waals surface area contributed by atoms with E-state index in [9.17, 15) is 5.11 Å². The average Bonchev–Trinajstić information content (AvgIpc) is 2.29. The Bertz CT molecular complexity index is 238. The summed E-state index contributed by atoms with van der Waals surface area (Å²) in [6, 6.07) is 0. The maximum Gasteiger partial charge on any atom is 0.0752 e. The van der Waals surface area contributed by atoms with Crippen LogP contribution >= 0.6 is 0 Å². The minimum absolute atomic E-state index is 0.129. The van der Waals surface area contributed by atoms with Crippen LogP contribution in [0.1, 0.15) is 77.0 Å². The third-order valence-corrected chi connectivity index (χ3v) is 4.54. The molecule has 0 aromatic carbocycles. The standard InChI is InChI=1S/C16H28O/c17-16(13-14-9-5-4-6-10-14)15-11-7-2-1-3-8-12-15/h11,14,16-17H,1-10,12-13H2. The Labute approximate surface area is 106 Å². The molecular weight excluding hydrogens is 208 g/mol. The SMILES string of the molecule is OC(CC1CCCCC1)C1=CCCCCCC1. The topological polar surface area (TPSA) is 20.2 Å². The van der Waals surface area contributed by atoms with E-state index in [2.05, 4.69) is 6.08 Å². The van der Waals surface area contributed by atoms with Crippen LogP contribution in [0.3, 0.4) is 0 Å². The van der Waals surface area contributed by atoms with E-state index < -0.39 is 0 Å². The van der Waals surface area contributed by atoms with Crippen LogP contribution in [0.2, 0.25) is 0 Å². The molecular formula is C16H28O. The third-order valence-electron chi connectivity index (χ3n) is 4.54. The highest BCUT2D eigenvalue weighted by atomic mass is 16.3. The summed E-state index contributed by atoms with van der Waals surface area (Å²) in [6.07, 6.45) is 17.8. The van der Waals surface area contributed by atoms with Crippen molar-refractivity contribution in [3.63, 3.8) is 0 Å². The lowest BCUT2D eigenvalue weighted by atomic mass is 9.83. The van der Waals surface area contributed by atoms with Gasteiger partial charge in [0.1, 0.15) is 0 Å². The molecule has 0 aliphatic heterocycles. The number of hydrogen-bond donors (Lipinski definition) is 1. The summed E-state index contributed by atoms with van der Waals surface area (Å²) in [5.41, 5.74) is 1.36. The molecule has 0 spiro atoms. The van der Waals surface area contributed by atoms with Crippen molar-refractivity contribution in [2.75, 3.05) is 0 Å². The van der Waals surface area contributed by atoms with E-state index in [1.165, 1.54) is 69.8 Å². The Hall–Kier alpha value is -0.300. The highest BCUT2D eigenvalue weighted by Gasteiger charge is 2.20. The molecule has 1 nitrogen and oxygen atoms in total. The normalized spacial score (nSPS) is 25.8. The second-order valence-electron chi connectivity index (χ2n) is 5.99. The van der Waals surface area contributed by atoms with Crippen LogP contribution in [0.4, 0.5) is 0 Å². The zero-order valence-corrected chi connectivity index (χ0v) is 11.2. The molecule has 2 aliphatic carbocycles. The van der Waals surface area contributed by atoms with Crippen LogP contribution in [0.15, 0.2) is 11.6 Å². The first-order chi connectivity index (χ1) is 8.36. The molecule has 0 amide bonds. The molecule has 0 heterocycles. The van der Waals surface area contributed by atoms with E-state index in [1.54, 1.807) is 0 Å². The zero-order valence-electron chi connectivity index (χ0n) is 11.2. The smallest absolute Gasteiger partial charge is 0.0752 e. The van der Waals surface area contributed by atoms with Gasteiger partial charge in [0.2, 0.25) is 0 Å². The van der Waals surface area contributed by atoms with Crippen molar-refractivity contribution >= 4 is 0 Å². The molecule has 17 heavy (non-hydrogen) atoms. The van der Waals surface area contributed by atoms with Gasteiger partial charge >= 0.3 is 0 Å². The van der Waals surface area contributed by atoms with Gasteiger partial charge in [0.25, 0.3) is 0 Å². The molecule has 0 aromatic heterocycles. The van der Waals surface area contributed by atoms with Gasteiger partial charge in [-0.1, -0.05) is 51.0 Å². The molecule has 1 atom stereocenters. The van der Waals surface area contributed by atoms with Gasteiger partial charge in [-0.3, -0.25) is 0 Å². The summed E-state index contributed by atoms with van der Waals surface area (Å²) < 4.78 is 0. The van der Waals surface area contributed by atoms with Crippen LogP contribution < -0.4 is 0 Å². The van der Waals surface area contributed by atoms with Gasteiger partial charge in [-0.25, -0.2) is 0 Å². The Balaban J connectivity index is 1.81. The van der Waals surface area contributed by atoms with E-state index in [0.29, 0.717) is 0 Å². The number of aliphatic hydroxyl groups is 1. The summed E-state index contributed by atoms with van der Waals surface area (Å²) in [7, 11) is 0. The van der Waals surface area contributed by atoms with Crippen molar-refractivity contribution in [3.05, 3.63) is 11.6 Å². The molecule has 0 bridgehead atoms. The highest BCUT2D eigenvalue weighted by molar-refractivity contribution is 5.09. The monoisotopic (exact) mass is 236 g/mol. The van der Waals surface area contributed by atoms with Gasteiger partial charge in [0, 0.05) is 0 Å². The fraction of sp³-hybridized carbons (Fsp3) is 0.875. The van der Waals surface area contributed by atoms with Crippen LogP contribution in [0, 0.1) is 5.92 Å². The van der Waals surface area contributed by atoms with E-state index in [0.717, 1.165) is 18.8 Å². The summed E-state index contributed by atoms with van der Waals surface area (Å²) in [5, 5.41) is 10.4. The molecule has 0 aromatic rings. The fourth-order valence-electron chi connectivity index (χ4n) is 3.41. The number of aliphatic hydroxyl groups excluding tert-OH is 1. The highest BCUT2D eigenvalue weighted by Crippen LogP contribution is 2.30. The molecule has 2 rings (SSSR count). The fourth-order valence-corrected chi connectivity index (χ4v) is 3.41. The Kier molecular flexibility index (Phi) is 5.57. The predicted molar refractivity (Wildman–Crippen MR) is 73.0 cm³/mol. The first-order valence-electron chi connectivity index (χ1n) is 7.73. The van der Waals surface area contributed by atoms with Crippen LogP contribution in [-0.2, 0) is 0 Å². The maximum absolute atomic E-state index is 10.4. The van der Waals surface area contributed by atoms with E-state index in [-0.39, 0.29) is 6.10 Å². The lowest BCUT2D eigenvalue weighted by Gasteiger charge is -2.26. The van der Waals surface area contributed by atoms with Gasteiger partial charge in [-0.2, -0.15) is 0 Å². The van der Waals surface area contributed by atoms with Crippen molar-refractivity contribution in [1.29, 1.82) is 0 Å². The minimum atomic E-state index is -0.129. The second-order valence-corrected chi connectivity index (χ2v) is 5.99. The van der Waals surface area contributed by atoms with Crippen LogP contribution in [-0.4, -0.2) is 11.2 Å². The summed E-state index contributed by atoms with van der Waals surface area (Å²) in [5.74, 6) is 0.796. The van der Waals surface area contributed by atoms with Gasteiger partial charge < -0.3 is 5.11 Å². The quantitative estimate of drug-likeness (QED) is 0.710. The molecule has 1 N–H and O–H groups in total. The minimum Gasteiger partial charge on any atom is -0.389 e. The largest absolute Gasteiger partial charge is 0.389 e. The number of rotatable bonds is 3. The van der Waals surface area contributed by atoms with E-state index in [1.807, 2.05) is 0 Å². The zero-order chi connectivity index (χ0) is 11.9. The van der Waals surface area contributed by atoms with Crippen molar-refractivity contribution in [1.82, 2.24) is 0 Å². The molecule has 1 heteroatoms. The molecule has 0 saturated heterocycles. The lowest BCUT2D eigenvalue weighted by Crippen LogP contribution is -2.18. The van der Waals surface area contributed by atoms with Crippen molar-refractivity contribution in [2.24, 2.45) is 5.92 Å². The molecule has 1 fully saturated rings. The van der Waals surface area contributed by atoms with Crippen molar-refractivity contribution in [2.45, 2.75) is 83.2 Å². The van der Waals surface area contributed by atoms with Crippen molar-refractivity contribution < 1.29 is 5.11 Å². The Morgan fingerprint density at radius 2 is 1.71 bits per heavy atom. The Morgan fingerprint density at radius 1 is 1.00 bits per heavy atom. The summed E-state index contributed by atoms with van der Waals surface area (Å²) in [4.78, 5) is 0.